The number of aliphatic carboxylic acids is 1. The van der Waals surface area contributed by atoms with Gasteiger partial charge in [0.2, 0.25) is 0 Å². The number of aromatic nitrogens is 2. The number of methoxy groups -OCH3 is 1. The number of rotatable bonds is 6. The first-order chi connectivity index (χ1) is 10.9. The van der Waals surface area contributed by atoms with E-state index in [0.29, 0.717) is 12.1 Å². The summed E-state index contributed by atoms with van der Waals surface area (Å²) in [5, 5.41) is 13.1. The molecule has 23 heavy (non-hydrogen) atoms. The number of carboxylic acid groups (broad SMARTS) is 1. The number of carboxylic acids is 1. The fourth-order valence-corrected chi connectivity index (χ4v) is 2.02. The van der Waals surface area contributed by atoms with E-state index in [1.807, 2.05) is 24.3 Å². The lowest BCUT2D eigenvalue weighted by atomic mass is 10.2. The van der Waals surface area contributed by atoms with Gasteiger partial charge in [-0.15, -0.1) is 0 Å². The third kappa shape index (κ3) is 3.88. The van der Waals surface area contributed by atoms with E-state index >= 15 is 0 Å². The zero-order valence-corrected chi connectivity index (χ0v) is 13.3. The Morgan fingerprint density at radius 1 is 1.35 bits per heavy atom. The van der Waals surface area contributed by atoms with E-state index in [2.05, 4.69) is 5.10 Å². The Bertz CT molecular complexity index is 694. The van der Waals surface area contributed by atoms with Crippen molar-refractivity contribution in [3.8, 4) is 5.75 Å². The molecule has 0 aliphatic carbocycles. The molecule has 122 valence electrons. The molecule has 1 aromatic heterocycles. The fourth-order valence-electron chi connectivity index (χ4n) is 2.02. The van der Waals surface area contributed by atoms with Crippen LogP contribution >= 0.6 is 0 Å². The highest BCUT2D eigenvalue weighted by Gasteiger charge is 2.23. The number of ether oxygens (including phenoxy) is 1. The first-order valence-electron chi connectivity index (χ1n) is 7.07. The molecule has 0 bridgehead atoms. The molecule has 0 saturated carbocycles. The van der Waals surface area contributed by atoms with Gasteiger partial charge in [0, 0.05) is 13.2 Å². The second-order valence-electron chi connectivity index (χ2n) is 5.20. The summed E-state index contributed by atoms with van der Waals surface area (Å²) in [6.07, 6.45) is 3.05. The summed E-state index contributed by atoms with van der Waals surface area (Å²) in [6.45, 7) is 1.97. The monoisotopic (exact) mass is 317 g/mol. The van der Waals surface area contributed by atoms with Crippen LogP contribution in [0, 0.1) is 0 Å². The van der Waals surface area contributed by atoms with E-state index in [1.165, 1.54) is 25.1 Å². The Morgan fingerprint density at radius 3 is 2.57 bits per heavy atom. The van der Waals surface area contributed by atoms with E-state index in [4.69, 9.17) is 9.84 Å². The van der Waals surface area contributed by atoms with E-state index in [0.717, 1.165) is 11.3 Å². The molecule has 0 aliphatic rings. The average Bonchev–Trinajstić information content (AvgIpc) is 3.01. The highest BCUT2D eigenvalue weighted by Crippen LogP contribution is 2.13. The smallest absolute Gasteiger partial charge is 0.326 e. The molecule has 0 fully saturated rings. The van der Waals surface area contributed by atoms with Crippen LogP contribution in [0.3, 0.4) is 0 Å². The number of hydrogen-bond acceptors (Lipinski definition) is 4. The molecule has 2 aromatic rings. The van der Waals surface area contributed by atoms with Crippen molar-refractivity contribution in [2.45, 2.75) is 19.5 Å². The van der Waals surface area contributed by atoms with Gasteiger partial charge in [-0.3, -0.25) is 9.48 Å². The van der Waals surface area contributed by atoms with Crippen molar-refractivity contribution in [2.24, 2.45) is 0 Å². The van der Waals surface area contributed by atoms with Crippen molar-refractivity contribution in [1.29, 1.82) is 0 Å². The number of benzene rings is 1. The fraction of sp³-hybridized carbons (Fsp3) is 0.312. The summed E-state index contributed by atoms with van der Waals surface area (Å²) in [6, 6.07) is 6.65. The van der Waals surface area contributed by atoms with E-state index in [-0.39, 0.29) is 5.91 Å². The lowest BCUT2D eigenvalue weighted by Crippen LogP contribution is -2.40. The maximum Gasteiger partial charge on any atom is 0.326 e. The van der Waals surface area contributed by atoms with Gasteiger partial charge in [0.1, 0.15) is 11.8 Å². The first kappa shape index (κ1) is 16.5. The molecule has 0 saturated heterocycles. The SMILES string of the molecule is COc1ccc(Cn2cc(C(=O)N(C)C(C)C(=O)O)cn2)cc1. The molecule has 1 aromatic carbocycles. The van der Waals surface area contributed by atoms with Crippen molar-refractivity contribution in [2.75, 3.05) is 14.2 Å². The predicted octanol–water partition coefficient (Wildman–Crippen LogP) is 1.49. The van der Waals surface area contributed by atoms with Crippen LogP contribution in [-0.2, 0) is 11.3 Å². The molecular weight excluding hydrogens is 298 g/mol. The minimum atomic E-state index is -1.05. The van der Waals surface area contributed by atoms with Crippen LogP contribution in [0.4, 0.5) is 0 Å². The molecule has 7 heteroatoms. The predicted molar refractivity (Wildman–Crippen MR) is 83.5 cm³/mol. The van der Waals surface area contributed by atoms with Gasteiger partial charge >= 0.3 is 5.97 Å². The zero-order valence-electron chi connectivity index (χ0n) is 13.3. The normalized spacial score (nSPS) is 11.8. The summed E-state index contributed by atoms with van der Waals surface area (Å²) in [5.74, 6) is -0.651. The first-order valence-corrected chi connectivity index (χ1v) is 7.07. The van der Waals surface area contributed by atoms with E-state index in [1.54, 1.807) is 18.0 Å². The summed E-state index contributed by atoms with van der Waals surface area (Å²) >= 11 is 0. The Kier molecular flexibility index (Phi) is 5.00. The number of likely N-dealkylation sites (N-methyl/N-ethyl adjacent to an activating group) is 1. The quantitative estimate of drug-likeness (QED) is 0.872. The average molecular weight is 317 g/mol. The molecule has 2 rings (SSSR count). The van der Waals surface area contributed by atoms with Crippen LogP contribution in [0.1, 0.15) is 22.8 Å². The zero-order chi connectivity index (χ0) is 17.0. The molecule has 1 N–H and O–H groups in total. The Labute approximate surface area is 134 Å². The molecular formula is C16H19N3O4. The third-order valence-electron chi connectivity index (χ3n) is 3.64. The molecule has 1 amide bonds. The third-order valence-corrected chi connectivity index (χ3v) is 3.64. The number of amides is 1. The summed E-state index contributed by atoms with van der Waals surface area (Å²) in [5.41, 5.74) is 1.37. The topological polar surface area (TPSA) is 84.7 Å². The maximum atomic E-state index is 12.2. The summed E-state index contributed by atoms with van der Waals surface area (Å²) in [7, 11) is 3.07. The van der Waals surface area contributed by atoms with Gasteiger partial charge < -0.3 is 14.7 Å². The van der Waals surface area contributed by atoms with Crippen molar-refractivity contribution in [3.63, 3.8) is 0 Å². The van der Waals surface area contributed by atoms with Crippen molar-refractivity contribution < 1.29 is 19.4 Å². The summed E-state index contributed by atoms with van der Waals surface area (Å²) in [4.78, 5) is 24.4. The molecule has 0 radical (unpaired) electrons. The second-order valence-corrected chi connectivity index (χ2v) is 5.20. The Morgan fingerprint density at radius 2 is 2.00 bits per heavy atom. The van der Waals surface area contributed by atoms with Gasteiger partial charge in [-0.05, 0) is 24.6 Å². The van der Waals surface area contributed by atoms with Crippen LogP contribution in [0.25, 0.3) is 0 Å². The lowest BCUT2D eigenvalue weighted by Gasteiger charge is -2.20. The molecule has 0 spiro atoms. The number of carbonyl (C=O) groups is 2. The van der Waals surface area contributed by atoms with Gasteiger partial charge in [-0.1, -0.05) is 12.1 Å². The van der Waals surface area contributed by atoms with Gasteiger partial charge in [0.05, 0.1) is 25.4 Å². The van der Waals surface area contributed by atoms with Crippen LogP contribution in [0.2, 0.25) is 0 Å². The number of nitrogens with zero attached hydrogens (tertiary/aromatic N) is 3. The van der Waals surface area contributed by atoms with Crippen LogP contribution < -0.4 is 4.74 Å². The number of carbonyl (C=O) groups excluding carboxylic acids is 1. The van der Waals surface area contributed by atoms with Gasteiger partial charge in [-0.25, -0.2) is 4.79 Å². The van der Waals surface area contributed by atoms with Crippen LogP contribution in [-0.4, -0.2) is 51.9 Å². The molecule has 1 heterocycles. The van der Waals surface area contributed by atoms with E-state index < -0.39 is 12.0 Å². The van der Waals surface area contributed by atoms with Crippen molar-refractivity contribution in [1.82, 2.24) is 14.7 Å². The molecule has 7 nitrogen and oxygen atoms in total. The Balaban J connectivity index is 2.07. The second kappa shape index (κ2) is 6.95. The minimum absolute atomic E-state index is 0.356. The maximum absolute atomic E-state index is 12.2. The van der Waals surface area contributed by atoms with Crippen LogP contribution in [0.5, 0.6) is 5.75 Å². The molecule has 1 atom stereocenters. The number of hydrogen-bond donors (Lipinski definition) is 1. The molecule has 0 aliphatic heterocycles. The minimum Gasteiger partial charge on any atom is -0.497 e. The van der Waals surface area contributed by atoms with Gasteiger partial charge in [0.25, 0.3) is 5.91 Å². The van der Waals surface area contributed by atoms with Crippen molar-refractivity contribution in [3.05, 3.63) is 47.8 Å². The van der Waals surface area contributed by atoms with Gasteiger partial charge in [-0.2, -0.15) is 5.10 Å². The van der Waals surface area contributed by atoms with Gasteiger partial charge in [0.15, 0.2) is 0 Å². The standard InChI is InChI=1S/C16H19N3O4/c1-11(16(21)22)18(2)15(20)13-8-17-19(10-13)9-12-4-6-14(23-3)7-5-12/h4-8,10-11H,9H2,1-3H3,(H,21,22). The largest absolute Gasteiger partial charge is 0.497 e. The highest BCUT2D eigenvalue weighted by molar-refractivity contribution is 5.95. The lowest BCUT2D eigenvalue weighted by molar-refractivity contribution is -0.141. The van der Waals surface area contributed by atoms with Crippen molar-refractivity contribution >= 4 is 11.9 Å². The summed E-state index contributed by atoms with van der Waals surface area (Å²) < 4.78 is 6.74. The Hall–Kier alpha value is -2.83. The van der Waals surface area contributed by atoms with E-state index in [9.17, 15) is 9.59 Å². The highest BCUT2D eigenvalue weighted by atomic mass is 16.5. The van der Waals surface area contributed by atoms with Crippen LogP contribution in [0.15, 0.2) is 36.7 Å². The molecule has 1 unspecified atom stereocenters.